The van der Waals surface area contributed by atoms with Crippen LogP contribution >= 0.6 is 15.9 Å². The van der Waals surface area contributed by atoms with Gasteiger partial charge < -0.3 is 5.32 Å². The van der Waals surface area contributed by atoms with Crippen LogP contribution in [-0.4, -0.2) is 15.7 Å². The van der Waals surface area contributed by atoms with Gasteiger partial charge in [-0.25, -0.2) is 17.6 Å². The van der Waals surface area contributed by atoms with Gasteiger partial charge >= 0.3 is 0 Å². The van der Waals surface area contributed by atoms with Crippen LogP contribution in [0.1, 0.15) is 15.9 Å². The van der Waals surface area contributed by atoms with Crippen molar-refractivity contribution in [3.05, 3.63) is 81.6 Å². The normalized spacial score (nSPS) is 10.8. The Balaban J connectivity index is 1.76. The lowest BCUT2D eigenvalue weighted by Gasteiger charge is -2.07. The molecule has 0 saturated heterocycles. The highest BCUT2D eigenvalue weighted by Gasteiger charge is 2.19. The SMILES string of the molecule is O=C(Nc1cnn(Cc2c(F)cc(F)c(F)c2F)c1)c1ccc(Br)cc1. The summed E-state index contributed by atoms with van der Waals surface area (Å²) < 4.78 is 55.5. The van der Waals surface area contributed by atoms with Gasteiger partial charge in [0.2, 0.25) is 0 Å². The molecule has 4 nitrogen and oxygen atoms in total. The number of anilines is 1. The van der Waals surface area contributed by atoms with Gasteiger partial charge in [-0.2, -0.15) is 5.10 Å². The second kappa shape index (κ2) is 7.28. The number of rotatable bonds is 4. The zero-order chi connectivity index (χ0) is 18.8. The first-order valence-electron chi connectivity index (χ1n) is 7.26. The number of halogens is 5. The van der Waals surface area contributed by atoms with Crippen LogP contribution in [0.25, 0.3) is 0 Å². The van der Waals surface area contributed by atoms with E-state index >= 15 is 0 Å². The van der Waals surface area contributed by atoms with Crippen LogP contribution in [0.15, 0.2) is 47.2 Å². The largest absolute Gasteiger partial charge is 0.319 e. The molecular weight excluding hydrogens is 418 g/mol. The summed E-state index contributed by atoms with van der Waals surface area (Å²) in [6.45, 7) is -0.469. The molecule has 3 aromatic rings. The molecule has 3 rings (SSSR count). The van der Waals surface area contributed by atoms with Crippen molar-refractivity contribution in [3.63, 3.8) is 0 Å². The molecule has 0 atom stereocenters. The van der Waals surface area contributed by atoms with E-state index in [1.165, 1.54) is 12.4 Å². The number of aromatic nitrogens is 2. The highest BCUT2D eigenvalue weighted by atomic mass is 79.9. The van der Waals surface area contributed by atoms with Crippen LogP contribution in [-0.2, 0) is 6.54 Å². The lowest BCUT2D eigenvalue weighted by molar-refractivity contribution is 0.102. The number of benzene rings is 2. The van der Waals surface area contributed by atoms with Gasteiger partial charge in [0.25, 0.3) is 5.91 Å². The average molecular weight is 428 g/mol. The van der Waals surface area contributed by atoms with Crippen LogP contribution in [0.3, 0.4) is 0 Å². The molecule has 0 aliphatic rings. The van der Waals surface area contributed by atoms with Crippen LogP contribution in [0.5, 0.6) is 0 Å². The monoisotopic (exact) mass is 427 g/mol. The average Bonchev–Trinajstić information content (AvgIpc) is 3.04. The Bertz CT molecular complexity index is 973. The van der Waals surface area contributed by atoms with Crippen LogP contribution in [0, 0.1) is 23.3 Å². The minimum absolute atomic E-state index is 0.271. The molecule has 26 heavy (non-hydrogen) atoms. The van der Waals surface area contributed by atoms with Crippen molar-refractivity contribution >= 4 is 27.5 Å². The third kappa shape index (κ3) is 3.77. The minimum atomic E-state index is -1.75. The van der Waals surface area contributed by atoms with Gasteiger partial charge in [-0.15, -0.1) is 0 Å². The maximum absolute atomic E-state index is 13.7. The van der Waals surface area contributed by atoms with E-state index in [9.17, 15) is 22.4 Å². The first-order chi connectivity index (χ1) is 12.3. The topological polar surface area (TPSA) is 46.9 Å². The standard InChI is InChI=1S/C17H10BrF4N3O/c18-10-3-1-9(2-4-10)17(26)24-11-6-23-25(7-11)8-12-13(19)5-14(20)16(22)15(12)21/h1-7H,8H2,(H,24,26). The number of nitrogens with one attached hydrogen (secondary N) is 1. The summed E-state index contributed by atoms with van der Waals surface area (Å²) in [5, 5.41) is 6.43. The van der Waals surface area contributed by atoms with Crippen molar-refractivity contribution < 1.29 is 22.4 Å². The quantitative estimate of drug-likeness (QED) is 0.378. The van der Waals surface area contributed by atoms with Crippen LogP contribution in [0.2, 0.25) is 0 Å². The molecule has 0 bridgehead atoms. The zero-order valence-electron chi connectivity index (χ0n) is 12.9. The Morgan fingerprint density at radius 1 is 1.08 bits per heavy atom. The molecule has 0 aliphatic heterocycles. The van der Waals surface area contributed by atoms with Gasteiger partial charge in [0.15, 0.2) is 17.5 Å². The Morgan fingerprint density at radius 3 is 2.46 bits per heavy atom. The minimum Gasteiger partial charge on any atom is -0.319 e. The predicted octanol–water partition coefficient (Wildman–Crippen LogP) is 4.50. The van der Waals surface area contributed by atoms with Crippen molar-refractivity contribution in [2.24, 2.45) is 0 Å². The highest BCUT2D eigenvalue weighted by molar-refractivity contribution is 9.10. The summed E-state index contributed by atoms with van der Waals surface area (Å²) >= 11 is 3.26. The number of nitrogens with zero attached hydrogens (tertiary/aromatic N) is 2. The van der Waals surface area contributed by atoms with Crippen molar-refractivity contribution in [1.82, 2.24) is 9.78 Å². The third-order valence-electron chi connectivity index (χ3n) is 3.53. The molecule has 0 aliphatic carbocycles. The smallest absolute Gasteiger partial charge is 0.255 e. The van der Waals surface area contributed by atoms with E-state index in [1.54, 1.807) is 24.3 Å². The number of hydrogen-bond donors (Lipinski definition) is 1. The predicted molar refractivity (Wildman–Crippen MR) is 89.7 cm³/mol. The van der Waals surface area contributed by atoms with E-state index in [0.717, 1.165) is 9.15 Å². The van der Waals surface area contributed by atoms with Gasteiger partial charge in [-0.3, -0.25) is 9.48 Å². The second-order valence-electron chi connectivity index (χ2n) is 5.33. The lowest BCUT2D eigenvalue weighted by Crippen LogP contribution is -2.11. The molecule has 2 aromatic carbocycles. The molecule has 1 heterocycles. The molecule has 0 unspecified atom stereocenters. The lowest BCUT2D eigenvalue weighted by atomic mass is 10.2. The fraction of sp³-hybridized carbons (Fsp3) is 0.0588. The molecule has 9 heteroatoms. The third-order valence-corrected chi connectivity index (χ3v) is 4.06. The van der Waals surface area contributed by atoms with E-state index in [1.807, 2.05) is 0 Å². The van der Waals surface area contributed by atoms with Gasteiger partial charge in [-0.05, 0) is 24.3 Å². The van der Waals surface area contributed by atoms with Crippen molar-refractivity contribution in [2.45, 2.75) is 6.54 Å². The Hall–Kier alpha value is -2.68. The summed E-state index contributed by atoms with van der Waals surface area (Å²) in [4.78, 5) is 12.1. The highest BCUT2D eigenvalue weighted by Crippen LogP contribution is 2.20. The zero-order valence-corrected chi connectivity index (χ0v) is 14.5. The summed E-state index contributed by atoms with van der Waals surface area (Å²) in [5.74, 6) is -6.60. The van der Waals surface area contributed by atoms with Gasteiger partial charge in [0, 0.05) is 27.9 Å². The first-order valence-corrected chi connectivity index (χ1v) is 8.05. The van der Waals surface area contributed by atoms with Crippen molar-refractivity contribution in [2.75, 3.05) is 5.32 Å². The Kier molecular flexibility index (Phi) is 5.08. The maximum Gasteiger partial charge on any atom is 0.255 e. The fourth-order valence-electron chi connectivity index (χ4n) is 2.23. The molecule has 134 valence electrons. The summed E-state index contributed by atoms with van der Waals surface area (Å²) in [7, 11) is 0. The maximum atomic E-state index is 13.7. The molecule has 0 fully saturated rings. The van der Waals surface area contributed by atoms with Gasteiger partial charge in [0.1, 0.15) is 5.82 Å². The Morgan fingerprint density at radius 2 is 1.77 bits per heavy atom. The molecule has 1 amide bonds. The molecule has 0 spiro atoms. The number of hydrogen-bond acceptors (Lipinski definition) is 2. The summed E-state index contributed by atoms with van der Waals surface area (Å²) in [6.07, 6.45) is 2.59. The van der Waals surface area contributed by atoms with Crippen molar-refractivity contribution in [1.29, 1.82) is 0 Å². The Labute approximate surface area is 153 Å². The summed E-state index contributed by atoms with van der Waals surface area (Å²) in [6, 6.07) is 6.89. The molecular formula is C17H10BrF4N3O. The fourth-order valence-corrected chi connectivity index (χ4v) is 2.49. The van der Waals surface area contributed by atoms with Gasteiger partial charge in [-0.1, -0.05) is 15.9 Å². The molecule has 1 aromatic heterocycles. The van der Waals surface area contributed by atoms with E-state index < -0.39 is 41.3 Å². The number of amides is 1. The summed E-state index contributed by atoms with van der Waals surface area (Å²) in [5.41, 5.74) is 0.0118. The number of carbonyl (C=O) groups excluding carboxylic acids is 1. The number of carbonyl (C=O) groups is 1. The molecule has 0 saturated carbocycles. The van der Waals surface area contributed by atoms with E-state index in [2.05, 4.69) is 26.3 Å². The van der Waals surface area contributed by atoms with Gasteiger partial charge in [0.05, 0.1) is 18.4 Å². The molecule has 0 radical (unpaired) electrons. The van der Waals surface area contributed by atoms with Crippen LogP contribution in [0.4, 0.5) is 23.2 Å². The molecule has 1 N–H and O–H groups in total. The van der Waals surface area contributed by atoms with Crippen LogP contribution < -0.4 is 5.32 Å². The van der Waals surface area contributed by atoms with E-state index in [4.69, 9.17) is 0 Å². The second-order valence-corrected chi connectivity index (χ2v) is 6.25. The first kappa shape index (κ1) is 18.1. The van der Waals surface area contributed by atoms with Crippen molar-refractivity contribution in [3.8, 4) is 0 Å². The van der Waals surface area contributed by atoms with E-state index in [-0.39, 0.29) is 11.8 Å². The van der Waals surface area contributed by atoms with E-state index in [0.29, 0.717) is 5.56 Å².